The van der Waals surface area contributed by atoms with Gasteiger partial charge in [-0.25, -0.2) is 4.98 Å². The van der Waals surface area contributed by atoms with Gasteiger partial charge in [-0.05, 0) is 15.9 Å². The molecule has 0 spiro atoms. The van der Waals surface area contributed by atoms with Crippen LogP contribution in [0.4, 0.5) is 0 Å². The highest BCUT2D eigenvalue weighted by molar-refractivity contribution is 9.10. The Balaban J connectivity index is 2.21. The van der Waals surface area contributed by atoms with Gasteiger partial charge in [-0.3, -0.25) is 14.1 Å². The van der Waals surface area contributed by atoms with Crippen LogP contribution in [0.1, 0.15) is 0 Å². The summed E-state index contributed by atoms with van der Waals surface area (Å²) >= 11 is 3.43. The van der Waals surface area contributed by atoms with E-state index in [1.165, 1.54) is 0 Å². The predicted octanol–water partition coefficient (Wildman–Crippen LogP) is 1.89. The Morgan fingerprint density at radius 1 is 1.12 bits per heavy atom. The summed E-state index contributed by atoms with van der Waals surface area (Å²) < 4.78 is 4.61. The van der Waals surface area contributed by atoms with Crippen molar-refractivity contribution in [1.29, 1.82) is 0 Å². The van der Waals surface area contributed by atoms with E-state index >= 15 is 0 Å². The summed E-state index contributed by atoms with van der Waals surface area (Å²) in [5.74, 6) is 0. The molecular weight excluding hydrogens is 270 g/mol. The van der Waals surface area contributed by atoms with Gasteiger partial charge in [0.25, 0.3) is 0 Å². The summed E-state index contributed by atoms with van der Waals surface area (Å²) in [4.78, 5) is 8.54. The molecule has 0 bridgehead atoms. The maximum absolute atomic E-state index is 4.35. The number of hydrogen-bond donors (Lipinski definition) is 0. The van der Waals surface area contributed by atoms with Crippen LogP contribution in [0, 0.1) is 0 Å². The van der Waals surface area contributed by atoms with Crippen LogP contribution in [0.5, 0.6) is 0 Å². The molecule has 0 saturated carbocycles. The summed E-state index contributed by atoms with van der Waals surface area (Å²) in [6, 6.07) is 0. The first-order chi connectivity index (χ1) is 7.74. The van der Waals surface area contributed by atoms with Gasteiger partial charge in [0.05, 0.1) is 24.3 Å². The van der Waals surface area contributed by atoms with Crippen LogP contribution < -0.4 is 0 Å². The summed E-state index contributed by atoms with van der Waals surface area (Å²) in [6.07, 6.45) is 9.15. The number of halogens is 1. The zero-order chi connectivity index (χ0) is 11.1. The van der Waals surface area contributed by atoms with Crippen molar-refractivity contribution >= 4 is 21.6 Å². The predicted molar refractivity (Wildman–Crippen MR) is 62.9 cm³/mol. The lowest BCUT2D eigenvalue weighted by Gasteiger charge is -1.98. The van der Waals surface area contributed by atoms with Crippen molar-refractivity contribution in [3.63, 3.8) is 0 Å². The molecule has 3 aromatic rings. The van der Waals surface area contributed by atoms with Crippen LogP contribution in [0.15, 0.2) is 35.6 Å². The quantitative estimate of drug-likeness (QED) is 0.683. The van der Waals surface area contributed by atoms with Gasteiger partial charge in [0, 0.05) is 25.0 Å². The SMILES string of the molecule is Cn1cc(-c2cn3c(Br)cnc3cn2)cn1. The maximum atomic E-state index is 4.35. The van der Waals surface area contributed by atoms with Crippen molar-refractivity contribution in [1.82, 2.24) is 24.1 Å². The number of hydrogen-bond acceptors (Lipinski definition) is 3. The largest absolute Gasteiger partial charge is 0.291 e. The summed E-state index contributed by atoms with van der Waals surface area (Å²) in [5, 5.41) is 4.12. The van der Waals surface area contributed by atoms with Gasteiger partial charge in [0.2, 0.25) is 0 Å². The summed E-state index contributed by atoms with van der Waals surface area (Å²) in [6.45, 7) is 0. The lowest BCUT2D eigenvalue weighted by molar-refractivity contribution is 0.768. The molecule has 0 amide bonds. The number of imidazole rings is 1. The van der Waals surface area contributed by atoms with Crippen LogP contribution in [0.25, 0.3) is 16.9 Å². The minimum atomic E-state index is 0.819. The Bertz CT molecular complexity index is 654. The topological polar surface area (TPSA) is 48.0 Å². The van der Waals surface area contributed by atoms with Gasteiger partial charge in [-0.1, -0.05) is 0 Å². The van der Waals surface area contributed by atoms with Gasteiger partial charge in [0.1, 0.15) is 4.60 Å². The molecular formula is C10H8BrN5. The second-order valence-electron chi connectivity index (χ2n) is 3.48. The molecule has 0 unspecified atom stereocenters. The van der Waals surface area contributed by atoms with E-state index in [1.807, 2.05) is 23.8 Å². The Hall–Kier alpha value is -1.69. The number of aryl methyl sites for hydroxylation is 1. The van der Waals surface area contributed by atoms with Crippen molar-refractivity contribution in [2.75, 3.05) is 0 Å². The molecule has 3 rings (SSSR count). The maximum Gasteiger partial charge on any atom is 0.156 e. The molecule has 6 heteroatoms. The summed E-state index contributed by atoms with van der Waals surface area (Å²) in [7, 11) is 1.88. The number of nitrogens with zero attached hydrogens (tertiary/aromatic N) is 5. The van der Waals surface area contributed by atoms with Crippen molar-refractivity contribution < 1.29 is 0 Å². The average Bonchev–Trinajstić information content (AvgIpc) is 2.86. The molecule has 0 aliphatic heterocycles. The van der Waals surface area contributed by atoms with Gasteiger partial charge in [-0.15, -0.1) is 0 Å². The lowest BCUT2D eigenvalue weighted by atomic mass is 10.3. The average molecular weight is 278 g/mol. The van der Waals surface area contributed by atoms with Crippen LogP contribution in [0.2, 0.25) is 0 Å². The highest BCUT2D eigenvalue weighted by atomic mass is 79.9. The fourth-order valence-electron chi connectivity index (χ4n) is 1.56. The first-order valence-corrected chi connectivity index (χ1v) is 5.51. The number of rotatable bonds is 1. The molecule has 0 aliphatic rings. The lowest BCUT2D eigenvalue weighted by Crippen LogP contribution is -1.90. The standard InChI is InChI=1S/C10H8BrN5/c1-15-5-7(2-14-15)8-6-16-9(11)3-13-10(16)4-12-8/h2-6H,1H3. The molecule has 3 heterocycles. The zero-order valence-corrected chi connectivity index (χ0v) is 10.1. The van der Waals surface area contributed by atoms with E-state index < -0.39 is 0 Å². The molecule has 16 heavy (non-hydrogen) atoms. The van der Waals surface area contributed by atoms with E-state index in [-0.39, 0.29) is 0 Å². The van der Waals surface area contributed by atoms with E-state index in [4.69, 9.17) is 0 Å². The van der Waals surface area contributed by atoms with Crippen LogP contribution >= 0.6 is 15.9 Å². The van der Waals surface area contributed by atoms with Crippen molar-refractivity contribution in [3.05, 3.63) is 35.6 Å². The van der Waals surface area contributed by atoms with E-state index in [0.717, 1.165) is 21.5 Å². The third-order valence-electron chi connectivity index (χ3n) is 2.35. The molecule has 0 N–H and O–H groups in total. The third-order valence-corrected chi connectivity index (χ3v) is 2.94. The van der Waals surface area contributed by atoms with Crippen molar-refractivity contribution in [3.8, 4) is 11.3 Å². The van der Waals surface area contributed by atoms with Crippen molar-refractivity contribution in [2.45, 2.75) is 0 Å². The first-order valence-electron chi connectivity index (χ1n) is 4.71. The first kappa shape index (κ1) is 9.53. The Morgan fingerprint density at radius 3 is 2.75 bits per heavy atom. The molecule has 0 atom stereocenters. The smallest absolute Gasteiger partial charge is 0.156 e. The van der Waals surface area contributed by atoms with Gasteiger partial charge in [0.15, 0.2) is 5.65 Å². The highest BCUT2D eigenvalue weighted by Gasteiger charge is 2.05. The van der Waals surface area contributed by atoms with Crippen molar-refractivity contribution in [2.24, 2.45) is 7.05 Å². The normalized spacial score (nSPS) is 11.1. The van der Waals surface area contributed by atoms with Crippen LogP contribution in [0.3, 0.4) is 0 Å². The van der Waals surface area contributed by atoms with E-state index in [0.29, 0.717) is 0 Å². The monoisotopic (exact) mass is 277 g/mol. The minimum absolute atomic E-state index is 0.819. The third kappa shape index (κ3) is 1.42. The Morgan fingerprint density at radius 2 is 2.00 bits per heavy atom. The fraction of sp³-hybridized carbons (Fsp3) is 0.100. The zero-order valence-electron chi connectivity index (χ0n) is 8.50. The van der Waals surface area contributed by atoms with Gasteiger partial charge in [-0.2, -0.15) is 5.10 Å². The number of aromatic nitrogens is 5. The fourth-order valence-corrected chi connectivity index (χ4v) is 1.95. The van der Waals surface area contributed by atoms with Gasteiger partial charge < -0.3 is 0 Å². The molecule has 0 aliphatic carbocycles. The van der Waals surface area contributed by atoms with Crippen LogP contribution in [-0.2, 0) is 7.05 Å². The van der Waals surface area contributed by atoms with Gasteiger partial charge >= 0.3 is 0 Å². The van der Waals surface area contributed by atoms with E-state index in [2.05, 4.69) is 31.0 Å². The Labute approximate surface area is 99.9 Å². The molecule has 5 nitrogen and oxygen atoms in total. The second-order valence-corrected chi connectivity index (χ2v) is 4.30. The molecule has 0 radical (unpaired) electrons. The molecule has 0 fully saturated rings. The number of fused-ring (bicyclic) bond motifs is 1. The highest BCUT2D eigenvalue weighted by Crippen LogP contribution is 2.18. The van der Waals surface area contributed by atoms with Crippen LogP contribution in [-0.4, -0.2) is 24.1 Å². The summed E-state index contributed by atoms with van der Waals surface area (Å²) in [5.41, 5.74) is 2.68. The molecule has 3 aromatic heterocycles. The molecule has 0 saturated heterocycles. The van der Waals surface area contributed by atoms with E-state index in [1.54, 1.807) is 23.3 Å². The second kappa shape index (κ2) is 3.41. The Kier molecular flexibility index (Phi) is 2.03. The minimum Gasteiger partial charge on any atom is -0.291 e. The molecule has 0 aromatic carbocycles. The molecule has 80 valence electrons. The van der Waals surface area contributed by atoms with E-state index in [9.17, 15) is 0 Å².